The second-order valence-electron chi connectivity index (χ2n) is 7.94. The molecule has 3 N–H and O–H groups in total. The van der Waals surface area contributed by atoms with Crippen molar-refractivity contribution >= 4 is 34.4 Å². The van der Waals surface area contributed by atoms with E-state index in [0.29, 0.717) is 11.5 Å². The van der Waals surface area contributed by atoms with E-state index in [9.17, 15) is 9.59 Å². The molecular weight excluding hydrogens is 390 g/mol. The summed E-state index contributed by atoms with van der Waals surface area (Å²) in [5, 5.41) is 3.44. The number of carbonyl (C=O) groups excluding carboxylic acids is 2. The molecule has 0 aliphatic heterocycles. The Hall–Kier alpha value is -3.67. The maximum absolute atomic E-state index is 13.1. The molecule has 1 unspecified atom stereocenters. The van der Waals surface area contributed by atoms with Gasteiger partial charge in [-0.2, -0.15) is 0 Å². The molecule has 0 radical (unpaired) electrons. The zero-order chi connectivity index (χ0) is 22.0. The van der Waals surface area contributed by atoms with Crippen molar-refractivity contribution in [2.45, 2.75) is 19.8 Å². The van der Waals surface area contributed by atoms with E-state index in [4.69, 9.17) is 15.5 Å². The molecule has 0 spiro atoms. The first-order valence-electron chi connectivity index (χ1n) is 10.3. The molecule has 0 saturated heterocycles. The summed E-state index contributed by atoms with van der Waals surface area (Å²) in [5.41, 5.74) is 10.5. The normalized spacial score (nSPS) is 16.7. The molecule has 2 aromatic carbocycles. The van der Waals surface area contributed by atoms with Crippen LogP contribution in [-0.2, 0) is 11.2 Å². The fraction of sp³-hybridized carbons (Fsp3) is 0.240. The van der Waals surface area contributed by atoms with Crippen molar-refractivity contribution in [2.75, 3.05) is 13.7 Å². The van der Waals surface area contributed by atoms with Gasteiger partial charge in [0.2, 0.25) is 5.91 Å². The Bertz CT molecular complexity index is 1180. The van der Waals surface area contributed by atoms with Gasteiger partial charge in [0, 0.05) is 5.39 Å². The first-order chi connectivity index (χ1) is 15.0. The Kier molecular flexibility index (Phi) is 5.71. The minimum Gasteiger partial charge on any atom is -0.497 e. The summed E-state index contributed by atoms with van der Waals surface area (Å²) in [6.45, 7) is 1.97. The summed E-state index contributed by atoms with van der Waals surface area (Å²) in [7, 11) is 1.65. The van der Waals surface area contributed by atoms with E-state index in [0.717, 1.165) is 51.9 Å². The maximum atomic E-state index is 13.1. The van der Waals surface area contributed by atoms with E-state index in [1.54, 1.807) is 7.11 Å². The van der Waals surface area contributed by atoms with Gasteiger partial charge in [-0.1, -0.05) is 37.3 Å². The quantitative estimate of drug-likeness (QED) is 0.666. The number of aromatic nitrogens is 1. The van der Waals surface area contributed by atoms with Crippen LogP contribution in [0, 0.1) is 5.92 Å². The number of methoxy groups -OCH3 is 1. The standard InChI is InChI=1S/C25H25N3O3/c1-15-11-17(13-16-7-9-18(31-2)10-8-16)24-20(12-15)23(25(30)27-14-22(26)29)19-5-3-4-6-21(19)28-24/h3-10,13,15H,11-12,14H2,1-2H3,(H2,26,29)(H,27,30)/b17-13+. The first-order valence-corrected chi connectivity index (χ1v) is 10.3. The molecule has 1 aromatic heterocycles. The van der Waals surface area contributed by atoms with Gasteiger partial charge in [0.1, 0.15) is 5.75 Å². The van der Waals surface area contributed by atoms with Gasteiger partial charge in [0.25, 0.3) is 5.91 Å². The van der Waals surface area contributed by atoms with Crippen LogP contribution in [0.4, 0.5) is 0 Å². The number of nitrogens with one attached hydrogen (secondary N) is 1. The lowest BCUT2D eigenvalue weighted by Gasteiger charge is -2.26. The molecule has 0 bridgehead atoms. The van der Waals surface area contributed by atoms with E-state index in [1.807, 2.05) is 48.5 Å². The summed E-state index contributed by atoms with van der Waals surface area (Å²) < 4.78 is 5.25. The van der Waals surface area contributed by atoms with Crippen LogP contribution < -0.4 is 15.8 Å². The minimum absolute atomic E-state index is 0.200. The predicted molar refractivity (Wildman–Crippen MR) is 122 cm³/mol. The maximum Gasteiger partial charge on any atom is 0.252 e. The number of hydrogen-bond donors (Lipinski definition) is 2. The summed E-state index contributed by atoms with van der Waals surface area (Å²) >= 11 is 0. The fourth-order valence-corrected chi connectivity index (χ4v) is 4.15. The van der Waals surface area contributed by atoms with Crippen LogP contribution in [0.2, 0.25) is 0 Å². The first kappa shape index (κ1) is 20.6. The molecule has 6 nitrogen and oxygen atoms in total. The molecule has 1 heterocycles. The van der Waals surface area contributed by atoms with Crippen molar-refractivity contribution in [1.82, 2.24) is 10.3 Å². The number of fused-ring (bicyclic) bond motifs is 2. The largest absolute Gasteiger partial charge is 0.497 e. The Morgan fingerprint density at radius 2 is 1.90 bits per heavy atom. The second kappa shape index (κ2) is 8.60. The van der Waals surface area contributed by atoms with Gasteiger partial charge < -0.3 is 15.8 Å². The van der Waals surface area contributed by atoms with Crippen LogP contribution in [0.3, 0.4) is 0 Å². The Morgan fingerprint density at radius 3 is 2.61 bits per heavy atom. The topological polar surface area (TPSA) is 94.3 Å². The van der Waals surface area contributed by atoms with Gasteiger partial charge in [-0.05, 0) is 59.7 Å². The van der Waals surface area contributed by atoms with Crippen molar-refractivity contribution in [1.29, 1.82) is 0 Å². The second-order valence-corrected chi connectivity index (χ2v) is 7.94. The highest BCUT2D eigenvalue weighted by atomic mass is 16.5. The molecule has 6 heteroatoms. The molecule has 3 aromatic rings. The van der Waals surface area contributed by atoms with Gasteiger partial charge in [-0.3, -0.25) is 9.59 Å². The van der Waals surface area contributed by atoms with E-state index in [1.165, 1.54) is 0 Å². The van der Waals surface area contributed by atoms with Crippen molar-refractivity contribution < 1.29 is 14.3 Å². The number of allylic oxidation sites excluding steroid dienone is 1. The van der Waals surface area contributed by atoms with Gasteiger partial charge in [0.15, 0.2) is 0 Å². The highest BCUT2D eigenvalue weighted by molar-refractivity contribution is 6.09. The molecule has 158 valence electrons. The Labute approximate surface area is 181 Å². The van der Waals surface area contributed by atoms with E-state index in [2.05, 4.69) is 18.3 Å². The molecule has 0 saturated carbocycles. The average molecular weight is 415 g/mol. The third kappa shape index (κ3) is 4.28. The molecule has 0 fully saturated rings. The van der Waals surface area contributed by atoms with Gasteiger partial charge in [-0.25, -0.2) is 4.98 Å². The van der Waals surface area contributed by atoms with Gasteiger partial charge in [-0.15, -0.1) is 0 Å². The molecule has 2 amide bonds. The SMILES string of the molecule is COc1ccc(/C=C2\CC(C)Cc3c2nc2ccccc2c3C(=O)NCC(N)=O)cc1. The number of nitrogens with two attached hydrogens (primary N) is 1. The van der Waals surface area contributed by atoms with Crippen molar-refractivity contribution in [2.24, 2.45) is 11.7 Å². The Balaban J connectivity index is 1.87. The summed E-state index contributed by atoms with van der Waals surface area (Å²) in [6.07, 6.45) is 3.74. The highest BCUT2D eigenvalue weighted by Crippen LogP contribution is 2.38. The molecular formula is C25H25N3O3. The van der Waals surface area contributed by atoms with Crippen LogP contribution >= 0.6 is 0 Å². The number of hydrogen-bond acceptors (Lipinski definition) is 4. The van der Waals surface area contributed by atoms with Gasteiger partial charge in [0.05, 0.1) is 30.4 Å². The summed E-state index contributed by atoms with van der Waals surface area (Å²) in [6, 6.07) is 15.5. The predicted octanol–water partition coefficient (Wildman–Crippen LogP) is 3.58. The lowest BCUT2D eigenvalue weighted by Crippen LogP contribution is -2.34. The molecule has 1 aliphatic rings. The van der Waals surface area contributed by atoms with Crippen molar-refractivity contribution in [3.8, 4) is 5.75 Å². The number of pyridine rings is 1. The lowest BCUT2D eigenvalue weighted by atomic mass is 9.80. The monoisotopic (exact) mass is 415 g/mol. The van der Waals surface area contributed by atoms with Crippen LogP contribution in [-0.4, -0.2) is 30.5 Å². The van der Waals surface area contributed by atoms with Crippen molar-refractivity contribution in [3.63, 3.8) is 0 Å². The average Bonchev–Trinajstić information content (AvgIpc) is 2.76. The number of nitrogens with zero attached hydrogens (tertiary/aromatic N) is 1. The highest BCUT2D eigenvalue weighted by Gasteiger charge is 2.28. The number of para-hydroxylation sites is 1. The Morgan fingerprint density at radius 1 is 1.16 bits per heavy atom. The zero-order valence-electron chi connectivity index (χ0n) is 17.6. The summed E-state index contributed by atoms with van der Waals surface area (Å²) in [5.74, 6) is 0.278. The minimum atomic E-state index is -0.575. The number of rotatable bonds is 5. The number of carbonyl (C=O) groups is 2. The van der Waals surface area contributed by atoms with E-state index in [-0.39, 0.29) is 12.5 Å². The molecule has 1 aliphatic carbocycles. The number of ether oxygens (including phenoxy) is 1. The third-order valence-electron chi connectivity index (χ3n) is 5.53. The molecule has 4 rings (SSSR count). The smallest absolute Gasteiger partial charge is 0.252 e. The van der Waals surface area contributed by atoms with Crippen LogP contribution in [0.15, 0.2) is 48.5 Å². The third-order valence-corrected chi connectivity index (χ3v) is 5.53. The summed E-state index contributed by atoms with van der Waals surface area (Å²) in [4.78, 5) is 29.2. The van der Waals surface area contributed by atoms with E-state index < -0.39 is 5.91 Å². The van der Waals surface area contributed by atoms with E-state index >= 15 is 0 Å². The van der Waals surface area contributed by atoms with Crippen molar-refractivity contribution in [3.05, 3.63) is 70.9 Å². The lowest BCUT2D eigenvalue weighted by molar-refractivity contribution is -0.117. The fourth-order valence-electron chi connectivity index (χ4n) is 4.15. The number of benzene rings is 2. The molecule has 31 heavy (non-hydrogen) atoms. The van der Waals surface area contributed by atoms with Crippen LogP contribution in [0.5, 0.6) is 5.75 Å². The zero-order valence-corrected chi connectivity index (χ0v) is 17.6. The number of amides is 2. The number of primary amides is 1. The van der Waals surface area contributed by atoms with Crippen LogP contribution in [0.25, 0.3) is 22.6 Å². The van der Waals surface area contributed by atoms with Crippen LogP contribution in [0.1, 0.15) is 40.5 Å². The molecule has 1 atom stereocenters. The van der Waals surface area contributed by atoms with Gasteiger partial charge >= 0.3 is 0 Å².